The van der Waals surface area contributed by atoms with E-state index in [-0.39, 0.29) is 5.92 Å². The number of pyridine rings is 2. The molecule has 3 unspecified atom stereocenters. The van der Waals surface area contributed by atoms with Gasteiger partial charge in [0.15, 0.2) is 0 Å². The third kappa shape index (κ3) is 12.0. The van der Waals surface area contributed by atoms with Gasteiger partial charge in [0.2, 0.25) is 0 Å². The summed E-state index contributed by atoms with van der Waals surface area (Å²) in [6.07, 6.45) is 40.9. The highest BCUT2D eigenvalue weighted by Crippen LogP contribution is 2.54. The molecule has 504 valence electrons. The van der Waals surface area contributed by atoms with Gasteiger partial charge in [-0.05, 0) is 185 Å². The van der Waals surface area contributed by atoms with Crippen LogP contribution in [0.5, 0.6) is 23.0 Å². The maximum absolute atomic E-state index is 6.39. The van der Waals surface area contributed by atoms with Crippen LogP contribution in [0, 0.1) is 5.92 Å². The monoisotopic (exact) mass is 1350 g/mol. The van der Waals surface area contributed by atoms with Gasteiger partial charge in [-0.2, -0.15) is 0 Å². The second-order valence-electron chi connectivity index (χ2n) is 28.2. The van der Waals surface area contributed by atoms with Gasteiger partial charge in [-0.1, -0.05) is 255 Å². The SMILES string of the molecule is C1=CC2=C(CC1)c1cccc3c(-c4ccc(-c5ccccc5)nc4-c4ccccc4)ccc(c13)O2.C1=CCC(c2cc(-c3ccc4c5c(cccc35)-c3ccccc3O4)cc(-c3ccccc3)n2)C=C1.C1=CCCC(C2=NC=C(C3CC=C4Oc5ccccc5-c5cccc3c54)C(C3=CCCC=C3)C2)=C1. The van der Waals surface area contributed by atoms with E-state index in [9.17, 15) is 0 Å². The van der Waals surface area contributed by atoms with Gasteiger partial charge in [-0.25, -0.2) is 4.98 Å². The molecule has 12 aromatic rings. The molecule has 0 spiro atoms. The van der Waals surface area contributed by atoms with Crippen molar-refractivity contribution in [3.05, 3.63) is 373 Å². The summed E-state index contributed by atoms with van der Waals surface area (Å²) in [6.45, 7) is 0. The highest BCUT2D eigenvalue weighted by Gasteiger charge is 2.37. The first-order valence-electron chi connectivity index (χ1n) is 37.2. The van der Waals surface area contributed by atoms with Crippen molar-refractivity contribution in [2.75, 3.05) is 0 Å². The fourth-order valence-electron chi connectivity index (χ4n) is 16.9. The topological polar surface area (TPSA) is 65.8 Å². The van der Waals surface area contributed by atoms with Crippen LogP contribution in [0.25, 0.3) is 111 Å². The standard InChI is InChI=1S/2C33H23NO.C33H29NO/c1-3-10-22(11-4-1)29-20-18-28(33(34-29)23-12-5-2-6-13-23)24-19-21-31-32-26(24)15-9-16-27(32)25-14-7-8-17-30(25)35-31;1-3-10-22(11-4-1)29-20-24(21-30(34-29)23-12-5-2-6-13-23)25-18-19-32-33-27(25)15-9-16-28(33)26-14-7-8-17-31(26)35-32;1-3-10-22(11-4-1)28-20-30(23-12-5-2-6-13-23)34-21-29(28)24-18-19-32-33-26(24)15-9-16-27(33)25-14-7-8-17-31(25)35-32/h1-6,8-13,15-21H,7,14H2;1-12,14-21,23H,13H2;2-3,5,7-12,14-17,19,21,24,28H,1,4,6,13,18,20H2. The number of nitrogens with zero attached hydrogens (tertiary/aromatic N) is 3. The highest BCUT2D eigenvalue weighted by molar-refractivity contribution is 6.11. The summed E-state index contributed by atoms with van der Waals surface area (Å²) in [6, 6.07) is 85.4. The number of para-hydroxylation sites is 2. The highest BCUT2D eigenvalue weighted by atomic mass is 16.5. The lowest BCUT2D eigenvalue weighted by molar-refractivity contribution is 0.444. The van der Waals surface area contributed by atoms with Gasteiger partial charge in [0.05, 0.1) is 17.1 Å². The molecular formula is C99H75N3O3. The van der Waals surface area contributed by atoms with E-state index in [2.05, 4.69) is 298 Å². The molecular weight excluding hydrogens is 1280 g/mol. The number of ether oxygens (including phenoxy) is 3. The fourth-order valence-corrected chi connectivity index (χ4v) is 16.9. The summed E-state index contributed by atoms with van der Waals surface area (Å²) < 4.78 is 19.1. The van der Waals surface area contributed by atoms with E-state index >= 15 is 0 Å². The molecule has 3 atom stereocenters. The zero-order chi connectivity index (χ0) is 69.6. The van der Waals surface area contributed by atoms with Crippen molar-refractivity contribution in [2.45, 2.75) is 69.6 Å². The summed E-state index contributed by atoms with van der Waals surface area (Å²) in [5.74, 6) is 6.68. The first kappa shape index (κ1) is 63.4. The smallest absolute Gasteiger partial charge is 0.135 e. The average molecular weight is 1350 g/mol. The average Bonchev–Trinajstić information content (AvgIpc) is 0.745. The number of fused-ring (bicyclic) bond motifs is 5. The van der Waals surface area contributed by atoms with Crippen molar-refractivity contribution in [2.24, 2.45) is 10.9 Å². The summed E-state index contributed by atoms with van der Waals surface area (Å²) in [5.41, 5.74) is 27.8. The van der Waals surface area contributed by atoms with Crippen LogP contribution in [0.1, 0.15) is 92.0 Å². The molecule has 4 aliphatic heterocycles. The van der Waals surface area contributed by atoms with Crippen LogP contribution in [0.3, 0.4) is 0 Å². The lowest BCUT2D eigenvalue weighted by Gasteiger charge is -2.36. The van der Waals surface area contributed by atoms with Gasteiger partial charge < -0.3 is 14.2 Å². The van der Waals surface area contributed by atoms with Gasteiger partial charge >= 0.3 is 0 Å². The van der Waals surface area contributed by atoms with Gasteiger partial charge in [-0.3, -0.25) is 9.98 Å². The normalized spacial score (nSPS) is 17.9. The maximum atomic E-state index is 6.39. The van der Waals surface area contributed by atoms with Crippen LogP contribution in [0.15, 0.2) is 355 Å². The van der Waals surface area contributed by atoms with Crippen molar-refractivity contribution in [1.82, 2.24) is 9.97 Å². The zero-order valence-electron chi connectivity index (χ0n) is 58.3. The predicted molar refractivity (Wildman–Crippen MR) is 432 cm³/mol. The molecule has 105 heavy (non-hydrogen) atoms. The molecule has 0 saturated heterocycles. The molecule has 6 heterocycles. The zero-order valence-corrected chi connectivity index (χ0v) is 58.3. The molecule has 10 aromatic carbocycles. The Kier molecular flexibility index (Phi) is 16.7. The summed E-state index contributed by atoms with van der Waals surface area (Å²) >= 11 is 0. The number of benzene rings is 10. The van der Waals surface area contributed by atoms with Gasteiger partial charge in [0, 0.05) is 97.1 Å². The Morgan fingerprint density at radius 3 is 1.84 bits per heavy atom. The van der Waals surface area contributed by atoms with Gasteiger partial charge in [-0.15, -0.1) is 0 Å². The molecule has 2 aromatic heterocycles. The molecule has 0 fully saturated rings. The minimum atomic E-state index is 0.276. The first-order valence-corrected chi connectivity index (χ1v) is 37.2. The minimum absolute atomic E-state index is 0.276. The third-order valence-electron chi connectivity index (χ3n) is 22.0. The second kappa shape index (κ2) is 27.7. The van der Waals surface area contributed by atoms with Crippen LogP contribution >= 0.6 is 0 Å². The number of aromatic nitrogens is 2. The number of hydrogen-bond donors (Lipinski definition) is 0. The second-order valence-corrected chi connectivity index (χ2v) is 28.2. The fraction of sp³-hybridized carbons (Fsp3) is 0.121. The van der Waals surface area contributed by atoms with Crippen LogP contribution < -0.4 is 14.2 Å². The van der Waals surface area contributed by atoms with E-state index in [1.54, 1.807) is 0 Å². The van der Waals surface area contributed by atoms with E-state index in [0.29, 0.717) is 11.8 Å². The lowest BCUT2D eigenvalue weighted by Crippen LogP contribution is -2.24. The van der Waals surface area contributed by atoms with Crippen LogP contribution in [-0.2, 0) is 0 Å². The van der Waals surface area contributed by atoms with Crippen molar-refractivity contribution in [3.8, 4) is 101 Å². The van der Waals surface area contributed by atoms with Gasteiger partial charge in [0.1, 0.15) is 34.5 Å². The van der Waals surface area contributed by atoms with Crippen molar-refractivity contribution < 1.29 is 14.2 Å². The Bertz CT molecular complexity index is 5860. The molecule has 6 heteroatoms. The molecule has 0 N–H and O–H groups in total. The number of allylic oxidation sites excluding steroid dienone is 17. The molecule has 6 nitrogen and oxygen atoms in total. The van der Waals surface area contributed by atoms with Gasteiger partial charge in [0.25, 0.3) is 0 Å². The Labute approximate surface area is 613 Å². The Balaban J connectivity index is 0.000000108. The molecule has 9 aliphatic rings. The number of rotatable bonds is 9. The molecule has 0 amide bonds. The van der Waals surface area contributed by atoms with Crippen molar-refractivity contribution in [1.29, 1.82) is 0 Å². The van der Waals surface area contributed by atoms with E-state index in [1.165, 1.54) is 99.6 Å². The van der Waals surface area contributed by atoms with Crippen LogP contribution in [-0.4, -0.2) is 15.7 Å². The summed E-state index contributed by atoms with van der Waals surface area (Å²) in [4.78, 5) is 15.4. The Hall–Kier alpha value is -12.5. The van der Waals surface area contributed by atoms with Crippen molar-refractivity contribution >= 4 is 38.6 Å². The van der Waals surface area contributed by atoms with Crippen molar-refractivity contribution in [3.63, 3.8) is 0 Å². The first-order chi connectivity index (χ1) is 52.1. The number of hydrogen-bond acceptors (Lipinski definition) is 6. The van der Waals surface area contributed by atoms with Crippen LogP contribution in [0.2, 0.25) is 0 Å². The minimum Gasteiger partial charge on any atom is -0.456 e. The molecule has 5 aliphatic carbocycles. The molecule has 21 rings (SSSR count). The van der Waals surface area contributed by atoms with E-state index in [0.717, 1.165) is 143 Å². The quantitative estimate of drug-likeness (QED) is 0.144. The largest absolute Gasteiger partial charge is 0.456 e. The van der Waals surface area contributed by atoms with E-state index in [4.69, 9.17) is 29.2 Å². The maximum Gasteiger partial charge on any atom is 0.135 e. The van der Waals surface area contributed by atoms with E-state index in [1.807, 2.05) is 30.3 Å². The summed E-state index contributed by atoms with van der Waals surface area (Å²) in [7, 11) is 0. The molecule has 0 bridgehead atoms. The molecule has 0 radical (unpaired) electrons. The summed E-state index contributed by atoms with van der Waals surface area (Å²) in [5, 5.41) is 4.77. The Morgan fingerprint density at radius 2 is 1.07 bits per heavy atom. The Morgan fingerprint density at radius 1 is 0.400 bits per heavy atom. The van der Waals surface area contributed by atoms with Crippen LogP contribution in [0.4, 0.5) is 0 Å². The van der Waals surface area contributed by atoms with E-state index < -0.39 is 0 Å². The predicted octanol–water partition coefficient (Wildman–Crippen LogP) is 26.1. The molecule has 0 saturated carbocycles. The number of aliphatic imine (C=N–C) groups is 1. The lowest BCUT2D eigenvalue weighted by atomic mass is 9.70. The third-order valence-corrected chi connectivity index (χ3v) is 22.0.